The summed E-state index contributed by atoms with van der Waals surface area (Å²) < 4.78 is 0. The molecular formula is C4H13NO7. The van der Waals surface area contributed by atoms with Crippen molar-refractivity contribution >= 4 is 11.9 Å². The van der Waals surface area contributed by atoms with Crippen LogP contribution in [0.3, 0.4) is 0 Å². The normalized spacial score (nSPS) is 9.42. The van der Waals surface area contributed by atoms with Gasteiger partial charge >= 0.3 is 11.9 Å². The van der Waals surface area contributed by atoms with Crippen molar-refractivity contribution in [2.45, 2.75) is 12.5 Å². The molecule has 0 saturated heterocycles. The van der Waals surface area contributed by atoms with Gasteiger partial charge in [0.1, 0.15) is 6.04 Å². The van der Waals surface area contributed by atoms with Crippen molar-refractivity contribution in [3.63, 3.8) is 0 Å². The molecule has 1 unspecified atom stereocenters. The molecule has 0 aromatic heterocycles. The Kier molecular flexibility index (Phi) is 18.3. The molecule has 10 N–H and O–H groups in total. The summed E-state index contributed by atoms with van der Waals surface area (Å²) in [5.41, 5.74) is 4.84. The molecule has 1 atom stereocenters. The van der Waals surface area contributed by atoms with E-state index in [0.717, 1.165) is 0 Å². The van der Waals surface area contributed by atoms with Crippen molar-refractivity contribution in [3.05, 3.63) is 0 Å². The minimum absolute atomic E-state index is 0. The Morgan fingerprint density at radius 1 is 1.17 bits per heavy atom. The molecule has 0 rings (SSSR count). The van der Waals surface area contributed by atoms with Gasteiger partial charge in [0.05, 0.1) is 6.42 Å². The Morgan fingerprint density at radius 3 is 1.58 bits per heavy atom. The van der Waals surface area contributed by atoms with Gasteiger partial charge in [-0.05, 0) is 0 Å². The molecule has 0 radical (unpaired) electrons. The van der Waals surface area contributed by atoms with E-state index in [-0.39, 0.29) is 16.4 Å². The van der Waals surface area contributed by atoms with Crippen LogP contribution < -0.4 is 5.73 Å². The average molecular weight is 187 g/mol. The second-order valence-electron chi connectivity index (χ2n) is 1.54. The van der Waals surface area contributed by atoms with Gasteiger partial charge in [-0.3, -0.25) is 9.59 Å². The largest absolute Gasteiger partial charge is 0.481 e. The van der Waals surface area contributed by atoms with Crippen LogP contribution in [0.25, 0.3) is 0 Å². The lowest BCUT2D eigenvalue weighted by Crippen LogP contribution is -2.32. The van der Waals surface area contributed by atoms with Crippen molar-refractivity contribution in [3.8, 4) is 0 Å². The molecule has 0 amide bonds. The van der Waals surface area contributed by atoms with Gasteiger partial charge in [-0.25, -0.2) is 0 Å². The van der Waals surface area contributed by atoms with E-state index in [1.807, 2.05) is 0 Å². The maximum Gasteiger partial charge on any atom is 0.321 e. The minimum Gasteiger partial charge on any atom is -0.481 e. The van der Waals surface area contributed by atoms with Crippen LogP contribution in [0.1, 0.15) is 6.42 Å². The third-order valence-electron chi connectivity index (χ3n) is 0.712. The molecule has 8 heteroatoms. The smallest absolute Gasteiger partial charge is 0.321 e. The van der Waals surface area contributed by atoms with Crippen LogP contribution in [0.5, 0.6) is 0 Å². The van der Waals surface area contributed by atoms with Crippen molar-refractivity contribution in [2.75, 3.05) is 0 Å². The van der Waals surface area contributed by atoms with Crippen LogP contribution in [-0.2, 0) is 9.59 Å². The predicted octanol–water partition coefficient (Wildman–Crippen LogP) is -3.60. The van der Waals surface area contributed by atoms with Crippen molar-refractivity contribution < 1.29 is 36.2 Å². The standard InChI is InChI=1S/C4H7NO4.3H2O/c5-2(4(8)9)1-3(6)7;;;/h2H,1,5H2,(H,6,7)(H,8,9);3*1H2. The Labute approximate surface area is 67.5 Å². The van der Waals surface area contributed by atoms with E-state index in [0.29, 0.717) is 0 Å². The fraction of sp³-hybridized carbons (Fsp3) is 0.500. The third-order valence-corrected chi connectivity index (χ3v) is 0.712. The molecule has 12 heavy (non-hydrogen) atoms. The van der Waals surface area contributed by atoms with E-state index < -0.39 is 24.4 Å². The van der Waals surface area contributed by atoms with Crippen molar-refractivity contribution in [1.29, 1.82) is 0 Å². The summed E-state index contributed by atoms with van der Waals surface area (Å²) in [5.74, 6) is -2.50. The van der Waals surface area contributed by atoms with Crippen molar-refractivity contribution in [1.82, 2.24) is 0 Å². The average Bonchev–Trinajstić information content (AvgIpc) is 1.63. The van der Waals surface area contributed by atoms with Crippen molar-refractivity contribution in [2.24, 2.45) is 5.73 Å². The van der Waals surface area contributed by atoms with Crippen LogP contribution in [0.4, 0.5) is 0 Å². The zero-order valence-corrected chi connectivity index (χ0v) is 6.07. The maximum atomic E-state index is 9.85. The number of carbonyl (C=O) groups is 2. The summed E-state index contributed by atoms with van der Waals surface area (Å²) in [4.78, 5) is 19.6. The van der Waals surface area contributed by atoms with E-state index in [1.165, 1.54) is 0 Å². The van der Waals surface area contributed by atoms with Gasteiger partial charge in [-0.1, -0.05) is 0 Å². The molecule has 76 valence electrons. The summed E-state index contributed by atoms with van der Waals surface area (Å²) in [6, 6.07) is -1.29. The third kappa shape index (κ3) is 11.6. The number of carboxylic acids is 2. The molecule has 0 fully saturated rings. The Morgan fingerprint density at radius 2 is 1.50 bits per heavy atom. The number of carboxylic acid groups (broad SMARTS) is 2. The molecule has 0 aliphatic heterocycles. The maximum absolute atomic E-state index is 9.85. The number of hydrogen-bond acceptors (Lipinski definition) is 3. The van der Waals surface area contributed by atoms with E-state index in [1.54, 1.807) is 0 Å². The second-order valence-corrected chi connectivity index (χ2v) is 1.54. The Balaban J connectivity index is -0.000000107. The molecule has 0 aliphatic carbocycles. The Bertz CT molecular complexity index is 135. The lowest BCUT2D eigenvalue weighted by molar-refractivity contribution is -0.144. The first-order chi connectivity index (χ1) is 4.04. The molecule has 0 aliphatic rings. The van der Waals surface area contributed by atoms with Crippen LogP contribution in [0.2, 0.25) is 0 Å². The van der Waals surface area contributed by atoms with Crippen LogP contribution in [-0.4, -0.2) is 44.6 Å². The van der Waals surface area contributed by atoms with E-state index in [2.05, 4.69) is 0 Å². The molecule has 0 aromatic carbocycles. The lowest BCUT2D eigenvalue weighted by atomic mass is 10.2. The summed E-state index contributed by atoms with van der Waals surface area (Å²) in [6.07, 6.45) is -0.532. The van der Waals surface area contributed by atoms with Gasteiger partial charge in [0, 0.05) is 0 Å². The highest BCUT2D eigenvalue weighted by Crippen LogP contribution is 1.86. The monoisotopic (exact) mass is 187 g/mol. The molecule has 0 spiro atoms. The number of aliphatic carboxylic acids is 2. The fourth-order valence-corrected chi connectivity index (χ4v) is 0.275. The van der Waals surface area contributed by atoms with E-state index in [9.17, 15) is 9.59 Å². The zero-order chi connectivity index (χ0) is 7.44. The predicted molar refractivity (Wildman–Crippen MR) is 38.7 cm³/mol. The highest BCUT2D eigenvalue weighted by molar-refractivity contribution is 5.80. The fourth-order valence-electron chi connectivity index (χ4n) is 0.275. The SMILES string of the molecule is NC(CC(=O)O)C(=O)O.O.O.O. The molecule has 0 heterocycles. The lowest BCUT2D eigenvalue weighted by Gasteiger charge is -1.99. The van der Waals surface area contributed by atoms with Gasteiger partial charge in [0.2, 0.25) is 0 Å². The first kappa shape index (κ1) is 22.4. The number of nitrogens with two attached hydrogens (primary N) is 1. The summed E-state index contributed by atoms with van der Waals surface area (Å²) in [7, 11) is 0. The van der Waals surface area contributed by atoms with Gasteiger partial charge < -0.3 is 32.4 Å². The highest BCUT2D eigenvalue weighted by atomic mass is 16.4. The van der Waals surface area contributed by atoms with Gasteiger partial charge in [-0.15, -0.1) is 0 Å². The van der Waals surface area contributed by atoms with E-state index >= 15 is 0 Å². The highest BCUT2D eigenvalue weighted by Gasteiger charge is 2.14. The summed E-state index contributed by atoms with van der Waals surface area (Å²) in [5, 5.41) is 16.0. The Hall–Kier alpha value is -1.22. The molecule has 0 aromatic rings. The van der Waals surface area contributed by atoms with Gasteiger partial charge in [0.15, 0.2) is 0 Å². The van der Waals surface area contributed by atoms with Gasteiger partial charge in [0.25, 0.3) is 0 Å². The summed E-state index contributed by atoms with van der Waals surface area (Å²) in [6.45, 7) is 0. The van der Waals surface area contributed by atoms with Crippen LogP contribution >= 0.6 is 0 Å². The van der Waals surface area contributed by atoms with Gasteiger partial charge in [-0.2, -0.15) is 0 Å². The molecule has 0 bridgehead atoms. The first-order valence-corrected chi connectivity index (χ1v) is 2.24. The minimum atomic E-state index is -1.29. The number of hydrogen-bond donors (Lipinski definition) is 3. The van der Waals surface area contributed by atoms with Crippen LogP contribution in [0, 0.1) is 0 Å². The zero-order valence-electron chi connectivity index (χ0n) is 6.07. The quantitative estimate of drug-likeness (QED) is 0.409. The molecular weight excluding hydrogens is 174 g/mol. The van der Waals surface area contributed by atoms with Crippen LogP contribution in [0.15, 0.2) is 0 Å². The number of rotatable bonds is 3. The van der Waals surface area contributed by atoms with E-state index in [4.69, 9.17) is 15.9 Å². The first-order valence-electron chi connectivity index (χ1n) is 2.24. The molecule has 0 saturated carbocycles. The summed E-state index contributed by atoms with van der Waals surface area (Å²) >= 11 is 0. The second kappa shape index (κ2) is 9.78. The topological polar surface area (TPSA) is 195 Å². The molecule has 8 nitrogen and oxygen atoms in total.